The number of hydrogen-bond donors (Lipinski definition) is 0. The van der Waals surface area contributed by atoms with Crippen LogP contribution in [0.25, 0.3) is 16.9 Å². The molecule has 0 spiro atoms. The van der Waals surface area contributed by atoms with E-state index >= 15 is 0 Å². The molecule has 0 N–H and O–H groups in total. The summed E-state index contributed by atoms with van der Waals surface area (Å²) in [6.45, 7) is 8.70. The summed E-state index contributed by atoms with van der Waals surface area (Å²) in [5, 5.41) is 8.95. The van der Waals surface area contributed by atoms with Crippen molar-refractivity contribution in [3.05, 3.63) is 35.9 Å². The predicted molar refractivity (Wildman–Crippen MR) is 109 cm³/mol. The van der Waals surface area contributed by atoms with Crippen LogP contribution >= 0.6 is 0 Å². The Hall–Kier alpha value is -3.43. The van der Waals surface area contributed by atoms with Gasteiger partial charge in [0.15, 0.2) is 11.3 Å². The molecule has 4 rings (SSSR count). The average molecular weight is 411 g/mol. The van der Waals surface area contributed by atoms with E-state index in [0.29, 0.717) is 44.1 Å². The molecule has 0 aromatic carbocycles. The Labute approximate surface area is 174 Å². The van der Waals surface area contributed by atoms with Gasteiger partial charge in [0, 0.05) is 56.2 Å². The topological polar surface area (TPSA) is 97.9 Å². The van der Waals surface area contributed by atoms with Crippen LogP contribution in [0.4, 0.5) is 4.79 Å². The van der Waals surface area contributed by atoms with Gasteiger partial charge in [0.2, 0.25) is 0 Å². The smallest absolute Gasteiger partial charge is 0.409 e. The molecule has 3 aromatic rings. The van der Waals surface area contributed by atoms with E-state index in [2.05, 4.69) is 15.2 Å². The van der Waals surface area contributed by atoms with Gasteiger partial charge in [0.25, 0.3) is 5.91 Å². The van der Waals surface area contributed by atoms with Crippen molar-refractivity contribution in [2.75, 3.05) is 32.8 Å². The zero-order chi connectivity index (χ0) is 21.3. The maximum atomic E-state index is 13.0. The highest BCUT2D eigenvalue weighted by Crippen LogP contribution is 2.24. The first-order chi connectivity index (χ1) is 14.5. The fraction of sp³-hybridized carbons (Fsp3) is 0.450. The minimum Gasteiger partial charge on any atom is -0.450 e. The van der Waals surface area contributed by atoms with Crippen molar-refractivity contribution in [3.8, 4) is 11.3 Å². The molecule has 0 bridgehead atoms. The summed E-state index contributed by atoms with van der Waals surface area (Å²) in [4.78, 5) is 32.5. The maximum Gasteiger partial charge on any atom is 0.409 e. The Morgan fingerprint density at radius 1 is 1.13 bits per heavy atom. The van der Waals surface area contributed by atoms with E-state index in [1.165, 1.54) is 0 Å². The molecular formula is C20H25N7O3. The molecule has 1 aliphatic heterocycles. The first kappa shape index (κ1) is 19.9. The number of carbonyl (C=O) groups is 2. The van der Waals surface area contributed by atoms with E-state index in [1.807, 2.05) is 30.8 Å². The van der Waals surface area contributed by atoms with Crippen LogP contribution in [0.15, 0.2) is 24.5 Å². The SMILES string of the molecule is CCOC(=O)N1CCN(C(=O)c2cc3nccc(-c4cnn(CC)c4C)n3n2)CC1. The van der Waals surface area contributed by atoms with Crippen LogP contribution in [-0.2, 0) is 11.3 Å². The molecule has 2 amide bonds. The van der Waals surface area contributed by atoms with Gasteiger partial charge in [-0.05, 0) is 26.8 Å². The van der Waals surface area contributed by atoms with Gasteiger partial charge in [-0.25, -0.2) is 14.3 Å². The van der Waals surface area contributed by atoms with Crippen LogP contribution in [0.1, 0.15) is 30.0 Å². The molecular weight excluding hydrogens is 386 g/mol. The minimum atomic E-state index is -0.339. The van der Waals surface area contributed by atoms with Crippen LogP contribution in [0.5, 0.6) is 0 Å². The Kier molecular flexibility index (Phi) is 5.39. The number of hydrogen-bond acceptors (Lipinski definition) is 6. The monoisotopic (exact) mass is 411 g/mol. The van der Waals surface area contributed by atoms with Crippen LogP contribution < -0.4 is 0 Å². The summed E-state index contributed by atoms with van der Waals surface area (Å²) in [7, 11) is 0. The fourth-order valence-corrected chi connectivity index (χ4v) is 3.69. The van der Waals surface area contributed by atoms with Gasteiger partial charge < -0.3 is 14.5 Å². The van der Waals surface area contributed by atoms with Crippen LogP contribution in [0, 0.1) is 6.92 Å². The summed E-state index contributed by atoms with van der Waals surface area (Å²) in [6, 6.07) is 3.57. The Balaban J connectivity index is 1.56. The quantitative estimate of drug-likeness (QED) is 0.650. The zero-order valence-electron chi connectivity index (χ0n) is 17.4. The van der Waals surface area contributed by atoms with E-state index in [0.717, 1.165) is 23.5 Å². The third-order valence-electron chi connectivity index (χ3n) is 5.35. The lowest BCUT2D eigenvalue weighted by Gasteiger charge is -2.33. The van der Waals surface area contributed by atoms with Crippen LogP contribution in [0.2, 0.25) is 0 Å². The Bertz CT molecular complexity index is 1080. The molecule has 0 saturated carbocycles. The number of fused-ring (bicyclic) bond motifs is 1. The summed E-state index contributed by atoms with van der Waals surface area (Å²) in [5.41, 5.74) is 3.76. The summed E-state index contributed by atoms with van der Waals surface area (Å²) < 4.78 is 8.63. The standard InChI is InChI=1S/C20H25N7O3/c1-4-26-14(3)15(13-22-26)17-6-7-21-18-12-16(23-27(17)18)19(28)24-8-10-25(11-9-24)20(29)30-5-2/h6-7,12-13H,4-5,8-11H2,1-3H3. The van der Waals surface area contributed by atoms with Crippen molar-refractivity contribution in [2.45, 2.75) is 27.3 Å². The number of amides is 2. The van der Waals surface area contributed by atoms with Crippen molar-refractivity contribution >= 4 is 17.6 Å². The number of ether oxygens (including phenoxy) is 1. The molecule has 30 heavy (non-hydrogen) atoms. The summed E-state index contributed by atoms with van der Waals surface area (Å²) in [6.07, 6.45) is 3.18. The average Bonchev–Trinajstić information content (AvgIpc) is 3.36. The highest BCUT2D eigenvalue weighted by Gasteiger charge is 2.27. The van der Waals surface area contributed by atoms with Crippen molar-refractivity contribution in [1.82, 2.24) is 34.2 Å². The van der Waals surface area contributed by atoms with Crippen LogP contribution in [-0.4, -0.2) is 79.0 Å². The lowest BCUT2D eigenvalue weighted by molar-refractivity contribution is 0.0565. The Morgan fingerprint density at radius 2 is 1.87 bits per heavy atom. The molecule has 158 valence electrons. The van der Waals surface area contributed by atoms with Crippen LogP contribution in [0.3, 0.4) is 0 Å². The Morgan fingerprint density at radius 3 is 2.53 bits per heavy atom. The summed E-state index contributed by atoms with van der Waals surface area (Å²) in [5.74, 6) is -0.170. The molecule has 0 atom stereocenters. The number of carbonyl (C=O) groups excluding carboxylic acids is 2. The van der Waals surface area contributed by atoms with Gasteiger partial charge >= 0.3 is 6.09 Å². The third-order valence-corrected chi connectivity index (χ3v) is 5.35. The van der Waals surface area contributed by atoms with Gasteiger partial charge in [0.05, 0.1) is 18.5 Å². The van der Waals surface area contributed by atoms with Gasteiger partial charge in [0.1, 0.15) is 0 Å². The van der Waals surface area contributed by atoms with E-state index < -0.39 is 0 Å². The molecule has 0 radical (unpaired) electrons. The van der Waals surface area contributed by atoms with Crippen molar-refractivity contribution in [3.63, 3.8) is 0 Å². The van der Waals surface area contributed by atoms with E-state index in [9.17, 15) is 9.59 Å². The maximum absolute atomic E-state index is 13.0. The lowest BCUT2D eigenvalue weighted by atomic mass is 10.2. The first-order valence-electron chi connectivity index (χ1n) is 10.1. The molecule has 1 saturated heterocycles. The molecule has 10 nitrogen and oxygen atoms in total. The molecule has 0 aliphatic carbocycles. The van der Waals surface area contributed by atoms with Gasteiger partial charge in [-0.3, -0.25) is 9.48 Å². The van der Waals surface area contributed by atoms with Crippen molar-refractivity contribution in [1.29, 1.82) is 0 Å². The second-order valence-electron chi connectivity index (χ2n) is 7.07. The van der Waals surface area contributed by atoms with E-state index in [1.54, 1.807) is 33.5 Å². The minimum absolute atomic E-state index is 0.170. The zero-order valence-corrected chi connectivity index (χ0v) is 17.4. The molecule has 4 heterocycles. The second-order valence-corrected chi connectivity index (χ2v) is 7.07. The molecule has 3 aromatic heterocycles. The molecule has 10 heteroatoms. The summed E-state index contributed by atoms with van der Waals surface area (Å²) >= 11 is 0. The first-order valence-corrected chi connectivity index (χ1v) is 10.1. The van der Waals surface area contributed by atoms with Crippen molar-refractivity contribution < 1.29 is 14.3 Å². The van der Waals surface area contributed by atoms with E-state index in [4.69, 9.17) is 4.74 Å². The number of rotatable bonds is 4. The predicted octanol–water partition coefficient (Wildman–Crippen LogP) is 1.84. The van der Waals surface area contributed by atoms with E-state index in [-0.39, 0.29) is 12.0 Å². The number of piperazine rings is 1. The molecule has 1 fully saturated rings. The number of nitrogens with zero attached hydrogens (tertiary/aromatic N) is 7. The largest absolute Gasteiger partial charge is 0.450 e. The molecule has 1 aliphatic rings. The highest BCUT2D eigenvalue weighted by molar-refractivity contribution is 5.93. The second kappa shape index (κ2) is 8.13. The van der Waals surface area contributed by atoms with Gasteiger partial charge in [-0.2, -0.15) is 10.2 Å². The number of aryl methyl sites for hydroxylation is 1. The fourth-order valence-electron chi connectivity index (χ4n) is 3.69. The lowest BCUT2D eigenvalue weighted by Crippen LogP contribution is -2.50. The van der Waals surface area contributed by atoms with Gasteiger partial charge in [-0.15, -0.1) is 0 Å². The normalized spacial score (nSPS) is 14.4. The number of aromatic nitrogens is 5. The van der Waals surface area contributed by atoms with Gasteiger partial charge in [-0.1, -0.05) is 0 Å². The molecule has 0 unspecified atom stereocenters. The van der Waals surface area contributed by atoms with Crippen molar-refractivity contribution in [2.24, 2.45) is 0 Å². The third kappa shape index (κ3) is 3.49. The highest BCUT2D eigenvalue weighted by atomic mass is 16.6.